The first-order valence-electron chi connectivity index (χ1n) is 10.9. The molecule has 0 saturated carbocycles. The van der Waals surface area contributed by atoms with Crippen LogP contribution in [0.1, 0.15) is 46.5 Å². The van der Waals surface area contributed by atoms with Crippen molar-refractivity contribution < 1.29 is 19.5 Å². The van der Waals surface area contributed by atoms with Gasteiger partial charge >= 0.3 is 5.97 Å². The molecular weight excluding hydrogens is 450 g/mol. The lowest BCUT2D eigenvalue weighted by Crippen LogP contribution is -2.41. The summed E-state index contributed by atoms with van der Waals surface area (Å²) in [5.74, 6) is -1.72. The van der Waals surface area contributed by atoms with Gasteiger partial charge in [-0.25, -0.2) is 9.78 Å². The van der Waals surface area contributed by atoms with Gasteiger partial charge in [-0.15, -0.1) is 0 Å². The highest BCUT2D eigenvalue weighted by atomic mass is 32.2. The molecule has 0 spiro atoms. The molecule has 3 rings (SSSR count). The van der Waals surface area contributed by atoms with Crippen molar-refractivity contribution in [3.05, 3.63) is 83.6 Å². The predicted octanol–water partition coefficient (Wildman–Crippen LogP) is 5.02. The van der Waals surface area contributed by atoms with Crippen LogP contribution < -0.4 is 10.6 Å². The van der Waals surface area contributed by atoms with Crippen LogP contribution in [-0.2, 0) is 4.79 Å². The number of hydrogen-bond acceptors (Lipinski definition) is 5. The molecule has 34 heavy (non-hydrogen) atoms. The monoisotopic (exact) mass is 477 g/mol. The number of hydrogen-bond donors (Lipinski definition) is 3. The molecule has 7 nitrogen and oxygen atoms in total. The molecule has 0 radical (unpaired) electrons. The van der Waals surface area contributed by atoms with Gasteiger partial charge in [0.1, 0.15) is 11.1 Å². The molecule has 1 aromatic heterocycles. The van der Waals surface area contributed by atoms with Crippen molar-refractivity contribution in [2.24, 2.45) is 5.92 Å². The third-order valence-electron chi connectivity index (χ3n) is 5.02. The van der Waals surface area contributed by atoms with Crippen molar-refractivity contribution in [3.8, 4) is 0 Å². The second-order valence-corrected chi connectivity index (χ2v) is 9.31. The van der Waals surface area contributed by atoms with Gasteiger partial charge in [0.2, 0.25) is 0 Å². The maximum Gasteiger partial charge on any atom is 0.326 e. The zero-order chi connectivity index (χ0) is 24.7. The quantitative estimate of drug-likeness (QED) is 0.399. The average molecular weight is 478 g/mol. The van der Waals surface area contributed by atoms with E-state index in [9.17, 15) is 19.5 Å². The van der Waals surface area contributed by atoms with Crippen LogP contribution in [0.15, 0.2) is 76.8 Å². The number of carboxylic acid groups (broad SMARTS) is 1. The highest BCUT2D eigenvalue weighted by molar-refractivity contribution is 7.99. The number of amides is 2. The van der Waals surface area contributed by atoms with Crippen LogP contribution >= 0.6 is 11.8 Å². The fraction of sp³-hybridized carbons (Fsp3) is 0.231. The van der Waals surface area contributed by atoms with E-state index in [4.69, 9.17) is 0 Å². The standard InChI is InChI=1S/C26H27N3O4S/c1-16(2)14-22(26(32)33)29-23(30)18-11-12-21(17(3)15-18)28-24(31)20-10-7-13-27-25(20)34-19-8-5-4-6-9-19/h4-13,15-16,22H,14H2,1-3H3,(H,28,31)(H,29,30)(H,32,33). The zero-order valence-electron chi connectivity index (χ0n) is 19.2. The van der Waals surface area contributed by atoms with E-state index >= 15 is 0 Å². The number of aliphatic carboxylic acids is 1. The number of carboxylic acids is 1. The molecule has 176 valence electrons. The smallest absolute Gasteiger partial charge is 0.326 e. The Balaban J connectivity index is 1.73. The van der Waals surface area contributed by atoms with Gasteiger partial charge in [0.15, 0.2) is 0 Å². The van der Waals surface area contributed by atoms with Gasteiger partial charge in [0.25, 0.3) is 11.8 Å². The van der Waals surface area contributed by atoms with E-state index in [1.807, 2.05) is 44.2 Å². The Morgan fingerprint density at radius 1 is 1.00 bits per heavy atom. The second-order valence-electron chi connectivity index (χ2n) is 8.25. The van der Waals surface area contributed by atoms with E-state index in [-0.39, 0.29) is 11.8 Å². The van der Waals surface area contributed by atoms with E-state index in [0.717, 1.165) is 4.90 Å². The molecule has 0 aliphatic rings. The van der Waals surface area contributed by atoms with Gasteiger partial charge in [-0.05, 0) is 67.3 Å². The number of carbonyl (C=O) groups excluding carboxylic acids is 2. The Hall–Kier alpha value is -3.65. The van der Waals surface area contributed by atoms with Crippen molar-refractivity contribution >= 4 is 35.2 Å². The summed E-state index contributed by atoms with van der Waals surface area (Å²) in [6, 6.07) is 17.0. The van der Waals surface area contributed by atoms with Crippen LogP contribution in [0.4, 0.5) is 5.69 Å². The van der Waals surface area contributed by atoms with E-state index in [1.165, 1.54) is 11.8 Å². The van der Waals surface area contributed by atoms with Crippen molar-refractivity contribution in [3.63, 3.8) is 0 Å². The molecule has 0 fully saturated rings. The first kappa shape index (κ1) is 25.0. The van der Waals surface area contributed by atoms with E-state index in [0.29, 0.717) is 33.8 Å². The lowest BCUT2D eigenvalue weighted by Gasteiger charge is -2.17. The molecule has 2 amide bonds. The van der Waals surface area contributed by atoms with Crippen LogP contribution in [0.25, 0.3) is 0 Å². The molecule has 0 aliphatic carbocycles. The first-order valence-corrected chi connectivity index (χ1v) is 11.7. The molecule has 2 aromatic carbocycles. The van der Waals surface area contributed by atoms with Gasteiger partial charge in [0, 0.05) is 22.3 Å². The van der Waals surface area contributed by atoms with Crippen LogP contribution in [0.5, 0.6) is 0 Å². The maximum absolute atomic E-state index is 13.0. The minimum absolute atomic E-state index is 0.123. The zero-order valence-corrected chi connectivity index (χ0v) is 20.1. The van der Waals surface area contributed by atoms with Gasteiger partial charge < -0.3 is 15.7 Å². The van der Waals surface area contributed by atoms with Gasteiger partial charge in [-0.2, -0.15) is 0 Å². The molecule has 3 N–H and O–H groups in total. The summed E-state index contributed by atoms with van der Waals surface area (Å²) in [4.78, 5) is 42.4. The molecule has 1 unspecified atom stereocenters. The Bertz CT molecular complexity index is 1180. The Kier molecular flexibility index (Phi) is 8.43. The van der Waals surface area contributed by atoms with Gasteiger partial charge in [0.05, 0.1) is 5.56 Å². The summed E-state index contributed by atoms with van der Waals surface area (Å²) in [6.45, 7) is 5.57. The minimum atomic E-state index is -1.07. The number of aryl methyl sites for hydroxylation is 1. The largest absolute Gasteiger partial charge is 0.480 e. The third-order valence-corrected chi connectivity index (χ3v) is 6.05. The third kappa shape index (κ3) is 6.68. The molecular formula is C26H27N3O4S. The number of carbonyl (C=O) groups is 3. The van der Waals surface area contributed by atoms with Crippen molar-refractivity contribution in [1.29, 1.82) is 0 Å². The molecule has 0 saturated heterocycles. The maximum atomic E-state index is 13.0. The summed E-state index contributed by atoms with van der Waals surface area (Å²) in [5, 5.41) is 15.4. The van der Waals surface area contributed by atoms with Crippen molar-refractivity contribution in [2.45, 2.75) is 43.2 Å². The number of benzene rings is 2. The first-order chi connectivity index (χ1) is 16.2. The summed E-state index contributed by atoms with van der Waals surface area (Å²) >= 11 is 1.40. The summed E-state index contributed by atoms with van der Waals surface area (Å²) < 4.78 is 0. The molecule has 8 heteroatoms. The van der Waals surface area contributed by atoms with Crippen molar-refractivity contribution in [1.82, 2.24) is 10.3 Å². The molecule has 1 atom stereocenters. The summed E-state index contributed by atoms with van der Waals surface area (Å²) in [5.41, 5.74) is 2.00. The molecule has 0 aliphatic heterocycles. The van der Waals surface area contributed by atoms with Crippen LogP contribution in [0.2, 0.25) is 0 Å². The van der Waals surface area contributed by atoms with Crippen LogP contribution in [0, 0.1) is 12.8 Å². The van der Waals surface area contributed by atoms with Gasteiger partial charge in [-0.1, -0.05) is 43.8 Å². The van der Waals surface area contributed by atoms with Gasteiger partial charge in [-0.3, -0.25) is 9.59 Å². The minimum Gasteiger partial charge on any atom is -0.480 e. The Labute approximate surface area is 203 Å². The predicted molar refractivity (Wildman–Crippen MR) is 132 cm³/mol. The van der Waals surface area contributed by atoms with E-state index in [1.54, 1.807) is 43.5 Å². The van der Waals surface area contributed by atoms with Crippen LogP contribution in [0.3, 0.4) is 0 Å². The van der Waals surface area contributed by atoms with E-state index in [2.05, 4.69) is 15.6 Å². The van der Waals surface area contributed by atoms with Crippen molar-refractivity contribution in [2.75, 3.05) is 5.32 Å². The summed E-state index contributed by atoms with van der Waals surface area (Å²) in [6.07, 6.45) is 1.98. The highest BCUT2D eigenvalue weighted by Gasteiger charge is 2.22. The summed E-state index contributed by atoms with van der Waals surface area (Å²) in [7, 11) is 0. The molecule has 1 heterocycles. The fourth-order valence-electron chi connectivity index (χ4n) is 3.31. The van der Waals surface area contributed by atoms with Crippen LogP contribution in [-0.4, -0.2) is 33.9 Å². The fourth-order valence-corrected chi connectivity index (χ4v) is 4.22. The number of nitrogens with one attached hydrogen (secondary N) is 2. The number of rotatable bonds is 9. The highest BCUT2D eigenvalue weighted by Crippen LogP contribution is 2.29. The number of anilines is 1. The SMILES string of the molecule is Cc1cc(C(=O)NC(CC(C)C)C(=O)O)ccc1NC(=O)c1cccnc1Sc1ccccc1. The normalized spacial score (nSPS) is 11.6. The number of nitrogens with zero attached hydrogens (tertiary/aromatic N) is 1. The second kappa shape index (κ2) is 11.5. The topological polar surface area (TPSA) is 108 Å². The molecule has 3 aromatic rings. The Morgan fingerprint density at radius 2 is 1.74 bits per heavy atom. The Morgan fingerprint density at radius 3 is 2.38 bits per heavy atom. The molecule has 0 bridgehead atoms. The lowest BCUT2D eigenvalue weighted by molar-refractivity contribution is -0.139. The number of aromatic nitrogens is 1. The number of pyridine rings is 1. The average Bonchev–Trinajstić information content (AvgIpc) is 2.80. The van der Waals surface area contributed by atoms with E-state index < -0.39 is 17.9 Å². The lowest BCUT2D eigenvalue weighted by atomic mass is 10.0.